The number of hydrogen-bond acceptors (Lipinski definition) is 1. The molecule has 1 amide bonds. The van der Waals surface area contributed by atoms with Crippen LogP contribution in [-0.4, -0.2) is 17.4 Å². The van der Waals surface area contributed by atoms with Gasteiger partial charge in [0.1, 0.15) is 0 Å². The number of imidazole rings is 1. The summed E-state index contributed by atoms with van der Waals surface area (Å²) in [6.45, 7) is 0.590. The van der Waals surface area contributed by atoms with Crippen LogP contribution in [0.3, 0.4) is 0 Å². The molecule has 0 atom stereocenters. The third-order valence-electron chi connectivity index (χ3n) is 4.36. The Morgan fingerprint density at radius 1 is 1.00 bits per heavy atom. The number of fused-ring (bicyclic) bond motifs is 1. The largest absolute Gasteiger partial charge is 0.351 e. The molecule has 3 heterocycles. The molecule has 4 rings (SSSR count). The maximum atomic E-state index is 12.7. The lowest BCUT2D eigenvalue weighted by Crippen LogP contribution is -2.35. The van der Waals surface area contributed by atoms with E-state index in [4.69, 9.17) is 0 Å². The average Bonchev–Trinajstić information content (AvgIpc) is 3.09. The molecule has 5 nitrogen and oxygen atoms in total. The van der Waals surface area contributed by atoms with Crippen LogP contribution in [0.4, 0.5) is 0 Å². The number of benzene rings is 1. The van der Waals surface area contributed by atoms with Gasteiger partial charge in [0, 0.05) is 24.2 Å². The van der Waals surface area contributed by atoms with Gasteiger partial charge in [-0.15, -0.1) is 0 Å². The zero-order chi connectivity index (χ0) is 17.8. The van der Waals surface area contributed by atoms with Gasteiger partial charge in [-0.3, -0.25) is 4.79 Å². The molecule has 0 saturated carbocycles. The first-order valence-corrected chi connectivity index (χ1v) is 8.64. The van der Waals surface area contributed by atoms with E-state index in [0.29, 0.717) is 12.4 Å². The minimum atomic E-state index is -0.115. The van der Waals surface area contributed by atoms with Crippen LogP contribution in [-0.2, 0) is 6.42 Å². The Labute approximate surface area is 151 Å². The number of carbonyl (C=O) groups excluding carboxylic acids is 1. The average molecular weight is 344 g/mol. The van der Waals surface area contributed by atoms with Crippen LogP contribution in [0.2, 0.25) is 0 Å². The van der Waals surface area contributed by atoms with Crippen LogP contribution in [0.1, 0.15) is 16.2 Å². The number of aromatic nitrogens is 3. The minimum Gasteiger partial charge on any atom is -0.345 e. The van der Waals surface area contributed by atoms with E-state index in [1.165, 1.54) is 5.56 Å². The highest BCUT2D eigenvalue weighted by atomic mass is 16.2. The van der Waals surface area contributed by atoms with Gasteiger partial charge in [-0.2, -0.15) is 4.40 Å². The Morgan fingerprint density at radius 2 is 1.77 bits per heavy atom. The fourth-order valence-electron chi connectivity index (χ4n) is 3.07. The molecule has 26 heavy (non-hydrogen) atoms. The molecule has 0 aliphatic carbocycles. The van der Waals surface area contributed by atoms with E-state index in [1.807, 2.05) is 71.5 Å². The number of amides is 1. The SMILES string of the molecule is O=C(NCCc1ccccc1)c1[nH]c(-c2cc[nH+]cc2)c2cccc[n+]12. The Hall–Kier alpha value is -3.47. The third kappa shape index (κ3) is 3.19. The van der Waals surface area contributed by atoms with E-state index in [-0.39, 0.29) is 5.91 Å². The highest BCUT2D eigenvalue weighted by Crippen LogP contribution is 2.20. The Morgan fingerprint density at radius 3 is 2.58 bits per heavy atom. The van der Waals surface area contributed by atoms with Crippen molar-refractivity contribution in [1.82, 2.24) is 10.3 Å². The minimum absolute atomic E-state index is 0.115. The van der Waals surface area contributed by atoms with Crippen molar-refractivity contribution in [1.29, 1.82) is 0 Å². The van der Waals surface area contributed by atoms with Crippen LogP contribution in [0.25, 0.3) is 16.8 Å². The third-order valence-corrected chi connectivity index (χ3v) is 4.36. The van der Waals surface area contributed by atoms with Crippen molar-refractivity contribution < 1.29 is 14.2 Å². The smallest absolute Gasteiger partial charge is 0.345 e. The molecule has 5 heteroatoms. The van der Waals surface area contributed by atoms with E-state index in [2.05, 4.69) is 27.4 Å². The molecule has 0 saturated heterocycles. The predicted molar refractivity (Wildman–Crippen MR) is 98.4 cm³/mol. The first kappa shape index (κ1) is 16.0. The topological polar surface area (TPSA) is 63.1 Å². The van der Waals surface area contributed by atoms with Gasteiger partial charge < -0.3 is 5.32 Å². The second-order valence-electron chi connectivity index (χ2n) is 6.08. The fraction of sp³-hybridized carbons (Fsp3) is 0.0952. The van der Waals surface area contributed by atoms with Gasteiger partial charge in [-0.1, -0.05) is 36.4 Å². The van der Waals surface area contributed by atoms with Gasteiger partial charge >= 0.3 is 11.7 Å². The number of H-pyrrole nitrogens is 2. The number of carbonyl (C=O) groups is 1. The van der Waals surface area contributed by atoms with Crippen molar-refractivity contribution in [3.05, 3.63) is 90.6 Å². The molecule has 3 N–H and O–H groups in total. The molecule has 3 aromatic heterocycles. The molecular weight excluding hydrogens is 324 g/mol. The van der Waals surface area contributed by atoms with Crippen molar-refractivity contribution in [2.24, 2.45) is 0 Å². The van der Waals surface area contributed by atoms with Crippen LogP contribution in [0.15, 0.2) is 79.3 Å². The number of hydrogen-bond donors (Lipinski definition) is 2. The molecule has 0 spiro atoms. The molecule has 128 valence electrons. The Balaban J connectivity index is 1.59. The van der Waals surface area contributed by atoms with Crippen molar-refractivity contribution >= 4 is 11.4 Å². The summed E-state index contributed by atoms with van der Waals surface area (Å²) in [6, 6.07) is 20.0. The molecule has 0 radical (unpaired) electrons. The standard InChI is InChI=1S/C21H18N4O/c26-21(23-14-9-16-6-2-1-3-7-16)20-24-19(17-10-12-22-13-11-17)18-8-4-5-15-25(18)20/h1-8,10-13,15H,9,14H2,(H,23,26)/p+2. The van der Waals surface area contributed by atoms with Crippen molar-refractivity contribution in [3.8, 4) is 11.3 Å². The molecule has 0 aliphatic rings. The normalized spacial score (nSPS) is 10.8. The lowest BCUT2D eigenvalue weighted by molar-refractivity contribution is -0.513. The van der Waals surface area contributed by atoms with Crippen LogP contribution < -0.4 is 14.7 Å². The lowest BCUT2D eigenvalue weighted by Gasteiger charge is -2.02. The molecule has 0 fully saturated rings. The summed E-state index contributed by atoms with van der Waals surface area (Å²) in [6.07, 6.45) is 6.44. The van der Waals surface area contributed by atoms with Gasteiger partial charge in [-0.25, -0.2) is 9.97 Å². The summed E-state index contributed by atoms with van der Waals surface area (Å²) >= 11 is 0. The highest BCUT2D eigenvalue weighted by Gasteiger charge is 2.25. The van der Waals surface area contributed by atoms with Crippen LogP contribution >= 0.6 is 0 Å². The second-order valence-corrected chi connectivity index (χ2v) is 6.08. The zero-order valence-electron chi connectivity index (χ0n) is 14.3. The van der Waals surface area contributed by atoms with Crippen molar-refractivity contribution in [2.45, 2.75) is 6.42 Å². The summed E-state index contributed by atoms with van der Waals surface area (Å²) < 4.78 is 1.89. The van der Waals surface area contributed by atoms with Crippen LogP contribution in [0.5, 0.6) is 0 Å². The van der Waals surface area contributed by atoms with E-state index >= 15 is 0 Å². The summed E-state index contributed by atoms with van der Waals surface area (Å²) in [5.74, 6) is 0.410. The van der Waals surface area contributed by atoms with Crippen molar-refractivity contribution in [2.75, 3.05) is 6.54 Å². The van der Waals surface area contributed by atoms with E-state index < -0.39 is 0 Å². The van der Waals surface area contributed by atoms with E-state index in [1.54, 1.807) is 0 Å². The number of pyridine rings is 2. The number of aromatic amines is 2. The van der Waals surface area contributed by atoms with Gasteiger partial charge in [0.05, 0.1) is 6.20 Å². The molecule has 4 aromatic rings. The molecular formula is C21H20N4O+2. The number of rotatable bonds is 5. The maximum absolute atomic E-state index is 12.7. The summed E-state index contributed by atoms with van der Waals surface area (Å²) in [7, 11) is 0. The Bertz CT molecular complexity index is 1030. The van der Waals surface area contributed by atoms with Gasteiger partial charge in [0.25, 0.3) is 0 Å². The quantitative estimate of drug-likeness (QED) is 0.536. The van der Waals surface area contributed by atoms with Gasteiger partial charge in [-0.05, 0) is 24.1 Å². The number of nitrogens with one attached hydrogen (secondary N) is 3. The molecule has 0 bridgehead atoms. The number of nitrogens with zero attached hydrogens (tertiary/aromatic N) is 1. The van der Waals surface area contributed by atoms with Gasteiger partial charge in [0.2, 0.25) is 0 Å². The molecule has 0 aliphatic heterocycles. The van der Waals surface area contributed by atoms with E-state index in [9.17, 15) is 4.79 Å². The maximum Gasteiger partial charge on any atom is 0.351 e. The zero-order valence-corrected chi connectivity index (χ0v) is 14.3. The lowest BCUT2D eigenvalue weighted by atomic mass is 10.1. The second kappa shape index (κ2) is 7.19. The molecule has 1 aromatic carbocycles. The predicted octanol–water partition coefficient (Wildman–Crippen LogP) is 2.21. The van der Waals surface area contributed by atoms with Gasteiger partial charge in [0.15, 0.2) is 23.6 Å². The summed E-state index contributed by atoms with van der Waals surface area (Å²) in [5.41, 5.74) is 4.12. The van der Waals surface area contributed by atoms with E-state index in [0.717, 1.165) is 23.2 Å². The fourth-order valence-corrected chi connectivity index (χ4v) is 3.07. The Kier molecular flexibility index (Phi) is 4.43. The monoisotopic (exact) mass is 344 g/mol. The highest BCUT2D eigenvalue weighted by molar-refractivity contribution is 5.91. The van der Waals surface area contributed by atoms with Crippen LogP contribution in [0, 0.1) is 0 Å². The molecule has 0 unspecified atom stereocenters. The van der Waals surface area contributed by atoms with Crippen molar-refractivity contribution in [3.63, 3.8) is 0 Å². The first-order chi connectivity index (χ1) is 12.8. The summed E-state index contributed by atoms with van der Waals surface area (Å²) in [5, 5.41) is 3.01. The first-order valence-electron chi connectivity index (χ1n) is 8.64. The summed E-state index contributed by atoms with van der Waals surface area (Å²) in [4.78, 5) is 19.0.